The molecule has 0 aromatic heterocycles. The zero-order chi connectivity index (χ0) is 26.2. The monoisotopic (exact) mass is 500 g/mol. The number of nitrogens with one attached hydrogen (secondary N) is 3. The third-order valence-electron chi connectivity index (χ3n) is 5.95. The topological polar surface area (TPSA) is 103 Å². The van der Waals surface area contributed by atoms with Gasteiger partial charge in [-0.3, -0.25) is 9.59 Å². The van der Waals surface area contributed by atoms with E-state index in [1.165, 1.54) is 0 Å². The van der Waals surface area contributed by atoms with Crippen LogP contribution in [-0.2, 0) is 9.63 Å². The minimum absolute atomic E-state index is 0.0857. The Morgan fingerprint density at radius 3 is 2.32 bits per heavy atom. The van der Waals surface area contributed by atoms with E-state index >= 15 is 0 Å². The van der Waals surface area contributed by atoms with Gasteiger partial charge in [0.05, 0.1) is 24.4 Å². The van der Waals surface area contributed by atoms with E-state index in [-0.39, 0.29) is 24.9 Å². The van der Waals surface area contributed by atoms with Crippen LogP contribution in [-0.4, -0.2) is 23.5 Å². The number of hydrogen-bond acceptors (Lipinski definition) is 6. The Balaban J connectivity index is 1.42. The number of rotatable bonds is 11. The van der Waals surface area contributed by atoms with Gasteiger partial charge < -0.3 is 20.6 Å². The average molecular weight is 501 g/mol. The Hall–Kier alpha value is -4.30. The largest absolute Gasteiger partial charge is 0.481 e. The molecule has 1 aliphatic heterocycles. The molecule has 1 heterocycles. The molecule has 4 rings (SSSR count). The number of carbonyl (C=O) groups is 2. The van der Waals surface area contributed by atoms with E-state index < -0.39 is 5.97 Å². The lowest BCUT2D eigenvalue weighted by Gasteiger charge is -2.23. The Labute approximate surface area is 216 Å². The van der Waals surface area contributed by atoms with Crippen LogP contribution in [0, 0.1) is 5.92 Å². The molecule has 0 fully saturated rings. The van der Waals surface area contributed by atoms with Crippen molar-refractivity contribution in [3.05, 3.63) is 102 Å². The van der Waals surface area contributed by atoms with Crippen LogP contribution in [0.15, 0.2) is 85.1 Å². The fourth-order valence-electron chi connectivity index (χ4n) is 4.05. The number of aliphatic carboxylic acids is 1. The summed E-state index contributed by atoms with van der Waals surface area (Å²) >= 11 is 0. The lowest BCUT2D eigenvalue weighted by Crippen LogP contribution is -2.27. The molecule has 0 aliphatic carbocycles. The first kappa shape index (κ1) is 25.8. The van der Waals surface area contributed by atoms with Crippen molar-refractivity contribution >= 4 is 29.0 Å². The summed E-state index contributed by atoms with van der Waals surface area (Å²) in [5.74, 6) is -0.00175. The standard InChI is InChI=1S/C29H32N4O4/c1-20(2)18-26(31-24-12-8-23(9-13-24)29(36)30-17-16-28(34)35)21-10-14-25(15-11-21)33-19-27(37-32-33)22-6-4-3-5-7-22/h3-15,19-20,26,31-32H,16-18H2,1-2H3,(H,30,36)(H,34,35). The van der Waals surface area contributed by atoms with Crippen molar-refractivity contribution in [1.82, 2.24) is 10.9 Å². The zero-order valence-electron chi connectivity index (χ0n) is 21.0. The van der Waals surface area contributed by atoms with Crippen molar-refractivity contribution in [2.24, 2.45) is 5.92 Å². The lowest BCUT2D eigenvalue weighted by atomic mass is 9.96. The Morgan fingerprint density at radius 1 is 0.973 bits per heavy atom. The van der Waals surface area contributed by atoms with Gasteiger partial charge in [-0.2, -0.15) is 0 Å². The highest BCUT2D eigenvalue weighted by Crippen LogP contribution is 2.29. The van der Waals surface area contributed by atoms with Gasteiger partial charge in [0.1, 0.15) is 0 Å². The summed E-state index contributed by atoms with van der Waals surface area (Å²) in [6, 6.07) is 25.5. The lowest BCUT2D eigenvalue weighted by molar-refractivity contribution is -0.136. The Kier molecular flexibility index (Phi) is 8.43. The second-order valence-electron chi connectivity index (χ2n) is 9.32. The smallest absolute Gasteiger partial charge is 0.305 e. The molecule has 8 nitrogen and oxygen atoms in total. The minimum Gasteiger partial charge on any atom is -0.481 e. The maximum Gasteiger partial charge on any atom is 0.305 e. The quantitative estimate of drug-likeness (QED) is 0.282. The molecule has 0 saturated heterocycles. The maximum atomic E-state index is 12.2. The molecule has 3 aromatic carbocycles. The molecule has 192 valence electrons. The third-order valence-corrected chi connectivity index (χ3v) is 5.95. The third kappa shape index (κ3) is 7.11. The first-order chi connectivity index (χ1) is 17.9. The molecule has 1 unspecified atom stereocenters. The van der Waals surface area contributed by atoms with E-state index in [2.05, 4.69) is 54.3 Å². The summed E-state index contributed by atoms with van der Waals surface area (Å²) < 4.78 is 0. The molecule has 0 bridgehead atoms. The van der Waals surface area contributed by atoms with E-state index in [4.69, 9.17) is 9.94 Å². The van der Waals surface area contributed by atoms with E-state index in [0.717, 1.165) is 34.7 Å². The normalized spacial score (nSPS) is 13.6. The number of amides is 1. The Bertz CT molecular complexity index is 1230. The minimum atomic E-state index is -0.942. The average Bonchev–Trinajstić information content (AvgIpc) is 3.39. The van der Waals surface area contributed by atoms with Gasteiger partial charge in [0.25, 0.3) is 5.91 Å². The maximum absolute atomic E-state index is 12.2. The number of hydrogen-bond donors (Lipinski definition) is 4. The van der Waals surface area contributed by atoms with Crippen molar-refractivity contribution in [1.29, 1.82) is 0 Å². The van der Waals surface area contributed by atoms with E-state index in [0.29, 0.717) is 11.5 Å². The van der Waals surface area contributed by atoms with Gasteiger partial charge in [-0.05, 0) is 54.3 Å². The number of benzene rings is 3. The summed E-state index contributed by atoms with van der Waals surface area (Å²) in [6.07, 6.45) is 2.75. The van der Waals surface area contributed by atoms with Crippen LogP contribution in [0.2, 0.25) is 0 Å². The summed E-state index contributed by atoms with van der Waals surface area (Å²) in [5, 5.41) is 16.8. The van der Waals surface area contributed by atoms with Gasteiger partial charge in [0, 0.05) is 23.4 Å². The molecule has 37 heavy (non-hydrogen) atoms. The van der Waals surface area contributed by atoms with Gasteiger partial charge in [0.15, 0.2) is 5.76 Å². The molecule has 1 amide bonds. The molecule has 1 atom stereocenters. The highest BCUT2D eigenvalue weighted by atomic mass is 16.7. The van der Waals surface area contributed by atoms with Crippen molar-refractivity contribution in [2.75, 3.05) is 16.9 Å². The van der Waals surface area contributed by atoms with Gasteiger partial charge in [0.2, 0.25) is 0 Å². The van der Waals surface area contributed by atoms with E-state index in [1.54, 1.807) is 12.1 Å². The molecule has 8 heteroatoms. The van der Waals surface area contributed by atoms with Crippen molar-refractivity contribution < 1.29 is 19.5 Å². The molecule has 1 aliphatic rings. The number of carboxylic acid groups (broad SMARTS) is 1. The van der Waals surface area contributed by atoms with Gasteiger partial charge in [-0.1, -0.05) is 61.9 Å². The number of hydrazine groups is 1. The highest BCUT2D eigenvalue weighted by Gasteiger charge is 2.18. The van der Waals surface area contributed by atoms with Crippen LogP contribution in [0.5, 0.6) is 0 Å². The van der Waals surface area contributed by atoms with Gasteiger partial charge in [-0.25, -0.2) is 5.01 Å². The predicted octanol–water partition coefficient (Wildman–Crippen LogP) is 5.35. The van der Waals surface area contributed by atoms with Crippen molar-refractivity contribution in [2.45, 2.75) is 32.7 Å². The van der Waals surface area contributed by atoms with Gasteiger partial charge >= 0.3 is 5.97 Å². The summed E-state index contributed by atoms with van der Waals surface area (Å²) in [5.41, 5.74) is 7.44. The zero-order valence-corrected chi connectivity index (χ0v) is 21.0. The van der Waals surface area contributed by atoms with Crippen LogP contribution in [0.4, 0.5) is 11.4 Å². The summed E-state index contributed by atoms with van der Waals surface area (Å²) in [4.78, 5) is 28.5. The highest BCUT2D eigenvalue weighted by molar-refractivity contribution is 5.94. The van der Waals surface area contributed by atoms with Crippen LogP contribution < -0.4 is 21.2 Å². The van der Waals surface area contributed by atoms with Crippen LogP contribution in [0.3, 0.4) is 0 Å². The molecular weight excluding hydrogens is 468 g/mol. The molecule has 4 N–H and O–H groups in total. The molecule has 0 radical (unpaired) electrons. The summed E-state index contributed by atoms with van der Waals surface area (Å²) in [7, 11) is 0. The van der Waals surface area contributed by atoms with E-state index in [9.17, 15) is 9.59 Å². The molecule has 0 spiro atoms. The molecule has 0 saturated carbocycles. The number of carboxylic acids is 1. The number of anilines is 2. The van der Waals surface area contributed by atoms with Gasteiger partial charge in [-0.15, -0.1) is 0 Å². The molecular formula is C29H32N4O4. The van der Waals surface area contributed by atoms with E-state index in [1.807, 2.05) is 53.7 Å². The second kappa shape index (κ2) is 12.1. The number of nitrogens with zero attached hydrogens (tertiary/aromatic N) is 1. The predicted molar refractivity (Wildman–Crippen MR) is 144 cm³/mol. The Morgan fingerprint density at radius 2 is 1.68 bits per heavy atom. The SMILES string of the molecule is CC(C)CC(Nc1ccc(C(=O)NCCC(=O)O)cc1)c1ccc(N2C=C(c3ccccc3)ON2)cc1. The van der Waals surface area contributed by atoms with Crippen molar-refractivity contribution in [3.8, 4) is 0 Å². The van der Waals surface area contributed by atoms with Crippen LogP contribution >= 0.6 is 0 Å². The molecule has 3 aromatic rings. The first-order valence-corrected chi connectivity index (χ1v) is 12.3. The van der Waals surface area contributed by atoms with Crippen LogP contribution in [0.25, 0.3) is 5.76 Å². The van der Waals surface area contributed by atoms with Crippen LogP contribution in [0.1, 0.15) is 54.2 Å². The summed E-state index contributed by atoms with van der Waals surface area (Å²) in [6.45, 7) is 4.48. The fraction of sp³-hybridized carbons (Fsp3) is 0.241. The van der Waals surface area contributed by atoms with Crippen molar-refractivity contribution in [3.63, 3.8) is 0 Å². The second-order valence-corrected chi connectivity index (χ2v) is 9.32. The first-order valence-electron chi connectivity index (χ1n) is 12.3. The number of carbonyl (C=O) groups excluding carboxylic acids is 1. The fourth-order valence-corrected chi connectivity index (χ4v) is 4.05.